The first kappa shape index (κ1) is 16.6. The van der Waals surface area contributed by atoms with Crippen LogP contribution in [0.2, 0.25) is 0 Å². The predicted molar refractivity (Wildman–Crippen MR) is 28.4 cm³/mol. The molecular weight excluding hydrogens is 131 g/mol. The first-order chi connectivity index (χ1) is 1.00. The third-order valence-electron chi connectivity index (χ3n) is 0. The number of rotatable bonds is 0. The summed E-state index contributed by atoms with van der Waals surface area (Å²) in [5.41, 5.74) is 0. The van der Waals surface area contributed by atoms with Crippen LogP contribution in [-0.2, 0) is 15.6 Å². The summed E-state index contributed by atoms with van der Waals surface area (Å²) in [6, 6.07) is 0. The van der Waals surface area contributed by atoms with E-state index in [-0.39, 0.29) is 40.4 Å². The molecule has 0 unspecified atom stereocenters. The van der Waals surface area contributed by atoms with E-state index in [4.69, 9.17) is 0 Å². The van der Waals surface area contributed by atoms with E-state index in [1.807, 2.05) is 0 Å². The van der Waals surface area contributed by atoms with Crippen LogP contribution >= 0.6 is 0 Å². The normalized spacial score (nSPS) is 2.00. The van der Waals surface area contributed by atoms with Crippen molar-refractivity contribution in [2.75, 3.05) is 0 Å². The van der Waals surface area contributed by atoms with E-state index < -0.39 is 0 Å². The standard InChI is InChI=1S/Al.Cr.Mg.H3Si.5H/h;;;1H3;;;;;. The first-order valence-electron chi connectivity index (χ1n) is 0.408. The van der Waals surface area contributed by atoms with Crippen molar-refractivity contribution in [2.24, 2.45) is 0 Å². The summed E-state index contributed by atoms with van der Waals surface area (Å²) >= 11 is 2.76. The Morgan fingerprint density at radius 3 is 1.25 bits per heavy atom. The van der Waals surface area contributed by atoms with Crippen LogP contribution in [0.3, 0.4) is 0 Å². The van der Waals surface area contributed by atoms with Gasteiger partial charge < -0.3 is 0 Å². The molecule has 0 aromatic heterocycles. The van der Waals surface area contributed by atoms with Gasteiger partial charge in [0, 0.05) is 0 Å². The second kappa shape index (κ2) is 19.7. The predicted octanol–water partition coefficient (Wildman–Crippen LogP) is -3.29. The van der Waals surface area contributed by atoms with Gasteiger partial charge in [-0.15, -0.1) is 0 Å². The van der Waals surface area contributed by atoms with Crippen LogP contribution in [0, 0.1) is 0 Å². The molecule has 0 saturated carbocycles. The van der Waals surface area contributed by atoms with Gasteiger partial charge in [-0.3, -0.25) is 0 Å². The summed E-state index contributed by atoms with van der Waals surface area (Å²) in [4.78, 5) is 0. The maximum atomic E-state index is 2.76. The SMILES string of the molecule is [AlH3].[MgH2].[SiH3][Cr]. The Hall–Kier alpha value is 2.05. The van der Waals surface area contributed by atoms with Crippen molar-refractivity contribution in [3.8, 4) is 0 Å². The van der Waals surface area contributed by atoms with E-state index >= 15 is 0 Å². The minimum absolute atomic E-state index is 0. The number of hydrogen-bond acceptors (Lipinski definition) is 0. The summed E-state index contributed by atoms with van der Waals surface area (Å²) in [6.07, 6.45) is 0. The summed E-state index contributed by atoms with van der Waals surface area (Å²) in [7, 11) is 1.18. The Balaban J connectivity index is -0.00000000500. The summed E-state index contributed by atoms with van der Waals surface area (Å²) in [5.74, 6) is 0. The molecule has 0 aliphatic rings. The zero-order valence-corrected chi connectivity index (χ0v) is 4.68. The molecule has 0 aromatic carbocycles. The van der Waals surface area contributed by atoms with Crippen LogP contribution in [-0.4, -0.2) is 49.2 Å². The summed E-state index contributed by atoms with van der Waals surface area (Å²) in [6.45, 7) is 0. The van der Waals surface area contributed by atoms with Gasteiger partial charge >= 0.3 is 47.5 Å². The van der Waals surface area contributed by atoms with Crippen molar-refractivity contribution in [3.05, 3.63) is 0 Å². The molecule has 0 rings (SSSR count). The zero-order valence-electron chi connectivity index (χ0n) is 1.41. The van der Waals surface area contributed by atoms with Crippen LogP contribution in [0.1, 0.15) is 0 Å². The van der Waals surface area contributed by atoms with E-state index in [9.17, 15) is 0 Å². The molecule has 0 radical (unpaired) electrons. The Morgan fingerprint density at radius 1 is 1.25 bits per heavy atom. The van der Waals surface area contributed by atoms with Crippen molar-refractivity contribution in [3.63, 3.8) is 0 Å². The van der Waals surface area contributed by atoms with Crippen LogP contribution in [0.25, 0.3) is 0 Å². The molecule has 4 heavy (non-hydrogen) atoms. The fourth-order valence-electron chi connectivity index (χ4n) is 0. The van der Waals surface area contributed by atoms with Crippen LogP contribution in [0.15, 0.2) is 0 Å². The van der Waals surface area contributed by atoms with Crippen molar-refractivity contribution in [1.29, 1.82) is 0 Å². The monoisotopic (exact) mass is 139 g/mol. The first-order valence-corrected chi connectivity index (χ1v) is 5.05. The van der Waals surface area contributed by atoms with Crippen LogP contribution in [0.5, 0.6) is 0 Å². The summed E-state index contributed by atoms with van der Waals surface area (Å²) < 4.78 is 0. The van der Waals surface area contributed by atoms with Crippen LogP contribution < -0.4 is 0 Å². The molecule has 0 saturated heterocycles. The molecule has 4 heteroatoms. The van der Waals surface area contributed by atoms with Crippen molar-refractivity contribution < 1.29 is 15.6 Å². The summed E-state index contributed by atoms with van der Waals surface area (Å²) in [5, 5.41) is 0. The van der Waals surface area contributed by atoms with Gasteiger partial charge in [0.2, 0.25) is 0 Å². The molecule has 0 heterocycles. The second-order valence-corrected chi connectivity index (χ2v) is 0. The van der Waals surface area contributed by atoms with Crippen LogP contribution in [0.4, 0.5) is 0 Å². The van der Waals surface area contributed by atoms with E-state index in [0.717, 1.165) is 0 Å². The Kier molecular flexibility index (Phi) is 81.8. The third-order valence-corrected chi connectivity index (χ3v) is 0. The molecule has 0 nitrogen and oxygen atoms in total. The molecule has 0 amide bonds. The average Bonchev–Trinajstić information content (AvgIpc) is 1.00. The molecule has 0 atom stereocenters. The molecular formula is H8AlCrMgSi. The van der Waals surface area contributed by atoms with Gasteiger partial charge in [-0.25, -0.2) is 0 Å². The molecule has 0 fully saturated rings. The Labute approximate surface area is 64.3 Å². The van der Waals surface area contributed by atoms with Gasteiger partial charge in [0.05, 0.1) is 0 Å². The van der Waals surface area contributed by atoms with Gasteiger partial charge in [0.15, 0.2) is 17.4 Å². The van der Waals surface area contributed by atoms with Gasteiger partial charge in [-0.2, -0.15) is 0 Å². The molecule has 0 N–H and O–H groups in total. The second-order valence-electron chi connectivity index (χ2n) is 0. The molecule has 0 aliphatic carbocycles. The molecule has 0 aromatic rings. The number of hydrogen-bond donors (Lipinski definition) is 0. The third kappa shape index (κ3) is 8.97. The minimum atomic E-state index is 0. The fraction of sp³-hybridized carbons (Fsp3) is 0. The average molecular weight is 139 g/mol. The maximum absolute atomic E-state index is 2.76. The fourth-order valence-corrected chi connectivity index (χ4v) is 0. The Bertz CT molecular complexity index is 8.00. The van der Waals surface area contributed by atoms with Gasteiger partial charge in [-0.1, -0.05) is 0 Å². The molecule has 0 bridgehead atoms. The van der Waals surface area contributed by atoms with Crippen molar-refractivity contribution >= 4 is 49.2 Å². The van der Waals surface area contributed by atoms with Crippen molar-refractivity contribution in [2.45, 2.75) is 0 Å². The quantitative estimate of drug-likeness (QED) is 0.309. The molecule has 0 aliphatic heterocycles. The van der Waals surface area contributed by atoms with Gasteiger partial charge in [-0.05, 0) is 0 Å². The van der Waals surface area contributed by atoms with E-state index in [1.54, 1.807) is 0 Å². The Morgan fingerprint density at radius 2 is 1.25 bits per heavy atom. The van der Waals surface area contributed by atoms with E-state index in [1.165, 1.54) is 8.80 Å². The van der Waals surface area contributed by atoms with Gasteiger partial charge in [0.1, 0.15) is 0 Å². The van der Waals surface area contributed by atoms with Crippen molar-refractivity contribution in [1.82, 2.24) is 0 Å². The van der Waals surface area contributed by atoms with E-state index in [0.29, 0.717) is 0 Å². The molecule has 0 spiro atoms. The van der Waals surface area contributed by atoms with E-state index in [2.05, 4.69) is 15.6 Å². The topological polar surface area (TPSA) is 0 Å². The zero-order chi connectivity index (χ0) is 2.00. The molecule has 23 valence electrons. The van der Waals surface area contributed by atoms with Gasteiger partial charge in [0.25, 0.3) is 0 Å².